The van der Waals surface area contributed by atoms with Gasteiger partial charge in [-0.1, -0.05) is 30.3 Å². The van der Waals surface area contributed by atoms with Gasteiger partial charge in [-0.2, -0.15) is 0 Å². The Kier molecular flexibility index (Phi) is 5.74. The third-order valence-corrected chi connectivity index (χ3v) is 7.71. The zero-order valence-corrected chi connectivity index (χ0v) is 19.4. The summed E-state index contributed by atoms with van der Waals surface area (Å²) in [5.41, 5.74) is 1.48. The van der Waals surface area contributed by atoms with E-state index in [0.29, 0.717) is 44.4 Å². The lowest BCUT2D eigenvalue weighted by atomic mass is 9.69. The maximum absolute atomic E-state index is 14.9. The summed E-state index contributed by atoms with van der Waals surface area (Å²) in [7, 11) is 4.27. The number of carbonyl (C=O) groups excluding carboxylic acids is 1. The standard InChI is InChI=1S/C25H32FN5O2/c1-29(2)25(19-6-4-3-5-7-19)10-8-24(9-11-25)18-31(23(32)28-24)20-16-21(26)22(27-17-20)30-12-14-33-15-13-30/h3-7,16-17H,8-15,18H2,1-2H3,(H,28,32)/t24-,25+. The maximum Gasteiger partial charge on any atom is 0.322 e. The topological polar surface area (TPSA) is 60.9 Å². The summed E-state index contributed by atoms with van der Waals surface area (Å²) in [6, 6.07) is 11.9. The van der Waals surface area contributed by atoms with Crippen LogP contribution in [0.5, 0.6) is 0 Å². The van der Waals surface area contributed by atoms with Gasteiger partial charge in [-0.3, -0.25) is 9.80 Å². The number of halogens is 1. The van der Waals surface area contributed by atoms with Gasteiger partial charge in [0.05, 0.1) is 37.2 Å². The number of anilines is 2. The fourth-order valence-electron chi connectivity index (χ4n) is 5.66. The molecule has 0 bridgehead atoms. The van der Waals surface area contributed by atoms with Gasteiger partial charge >= 0.3 is 6.03 Å². The number of pyridine rings is 1. The first-order chi connectivity index (χ1) is 15.9. The summed E-state index contributed by atoms with van der Waals surface area (Å²) in [5, 5.41) is 3.23. The van der Waals surface area contributed by atoms with Crippen molar-refractivity contribution >= 4 is 17.5 Å². The number of nitrogens with zero attached hydrogens (tertiary/aromatic N) is 4. The Morgan fingerprint density at radius 2 is 1.79 bits per heavy atom. The highest BCUT2D eigenvalue weighted by atomic mass is 19.1. The number of rotatable bonds is 4. The van der Waals surface area contributed by atoms with Crippen molar-refractivity contribution in [2.75, 3.05) is 56.7 Å². The van der Waals surface area contributed by atoms with Crippen molar-refractivity contribution in [3.63, 3.8) is 0 Å². The van der Waals surface area contributed by atoms with Crippen molar-refractivity contribution in [2.24, 2.45) is 0 Å². The first-order valence-electron chi connectivity index (χ1n) is 11.7. The van der Waals surface area contributed by atoms with Gasteiger partial charge in [0, 0.05) is 24.7 Å². The summed E-state index contributed by atoms with van der Waals surface area (Å²) >= 11 is 0. The predicted octanol–water partition coefficient (Wildman–Crippen LogP) is 3.36. The molecule has 2 aliphatic heterocycles. The molecule has 1 N–H and O–H groups in total. The number of hydrogen-bond acceptors (Lipinski definition) is 5. The molecule has 176 valence electrons. The Morgan fingerprint density at radius 1 is 1.09 bits per heavy atom. The van der Waals surface area contributed by atoms with Crippen LogP contribution in [-0.2, 0) is 10.3 Å². The molecule has 0 radical (unpaired) electrons. The van der Waals surface area contributed by atoms with Crippen LogP contribution in [0, 0.1) is 5.82 Å². The van der Waals surface area contributed by atoms with Crippen LogP contribution >= 0.6 is 0 Å². The number of hydrogen-bond donors (Lipinski definition) is 1. The van der Waals surface area contributed by atoms with Crippen molar-refractivity contribution in [1.82, 2.24) is 15.2 Å². The molecule has 1 saturated carbocycles. The molecule has 1 aliphatic carbocycles. The first-order valence-corrected chi connectivity index (χ1v) is 11.7. The van der Waals surface area contributed by atoms with Crippen molar-refractivity contribution < 1.29 is 13.9 Å². The van der Waals surface area contributed by atoms with Crippen molar-refractivity contribution in [2.45, 2.75) is 36.8 Å². The Labute approximate surface area is 194 Å². The SMILES string of the molecule is CN(C)[C@]1(c2ccccc2)CC[C@]2(CC1)CN(c1cnc(N3CCOCC3)c(F)c1)C(=O)N2. The van der Waals surface area contributed by atoms with Gasteiger partial charge in [0.2, 0.25) is 0 Å². The molecule has 8 heteroatoms. The third-order valence-electron chi connectivity index (χ3n) is 7.71. The monoisotopic (exact) mass is 453 g/mol. The number of benzene rings is 1. The Hall–Kier alpha value is -2.71. The molecular weight excluding hydrogens is 421 g/mol. The minimum absolute atomic E-state index is 0.0435. The van der Waals surface area contributed by atoms with E-state index in [9.17, 15) is 9.18 Å². The van der Waals surface area contributed by atoms with E-state index in [1.54, 1.807) is 11.1 Å². The predicted molar refractivity (Wildman–Crippen MR) is 126 cm³/mol. The smallest absolute Gasteiger partial charge is 0.322 e. The molecule has 3 heterocycles. The average Bonchev–Trinajstić information content (AvgIpc) is 3.16. The Bertz CT molecular complexity index is 1000. The lowest BCUT2D eigenvalue weighted by Gasteiger charge is -2.48. The minimum atomic E-state index is -0.400. The van der Waals surface area contributed by atoms with Crippen molar-refractivity contribution in [3.05, 3.63) is 54.0 Å². The van der Waals surface area contributed by atoms with Crippen LogP contribution in [0.2, 0.25) is 0 Å². The second kappa shape index (κ2) is 8.57. The highest BCUT2D eigenvalue weighted by molar-refractivity contribution is 5.95. The zero-order valence-electron chi connectivity index (χ0n) is 19.4. The van der Waals surface area contributed by atoms with E-state index in [1.807, 2.05) is 11.0 Å². The van der Waals surface area contributed by atoms with Gasteiger partial charge in [0.15, 0.2) is 11.6 Å². The maximum atomic E-state index is 14.9. The van der Waals surface area contributed by atoms with Crippen LogP contribution in [0.4, 0.5) is 20.7 Å². The highest BCUT2D eigenvalue weighted by Crippen LogP contribution is 2.46. The summed E-state index contributed by atoms with van der Waals surface area (Å²) in [6.07, 6.45) is 5.24. The fourth-order valence-corrected chi connectivity index (χ4v) is 5.66. The van der Waals surface area contributed by atoms with Crippen LogP contribution in [0.3, 0.4) is 0 Å². The van der Waals surface area contributed by atoms with Gasteiger partial charge in [0.1, 0.15) is 0 Å². The molecular formula is C25H32FN5O2. The number of nitrogens with one attached hydrogen (secondary N) is 1. The molecule has 2 amide bonds. The number of morpholine rings is 1. The second-order valence-electron chi connectivity index (χ2n) is 9.69. The molecule has 2 aromatic rings. The van der Waals surface area contributed by atoms with Gasteiger partial charge in [-0.15, -0.1) is 0 Å². The number of urea groups is 1. The van der Waals surface area contributed by atoms with Crippen LogP contribution in [-0.4, -0.2) is 68.4 Å². The summed E-state index contributed by atoms with van der Waals surface area (Å²) in [6.45, 7) is 2.90. The largest absolute Gasteiger partial charge is 0.378 e. The van der Waals surface area contributed by atoms with E-state index in [-0.39, 0.29) is 17.1 Å². The molecule has 3 aliphatic rings. The molecule has 3 fully saturated rings. The van der Waals surface area contributed by atoms with E-state index in [1.165, 1.54) is 11.6 Å². The lowest BCUT2D eigenvalue weighted by Crippen LogP contribution is -2.54. The van der Waals surface area contributed by atoms with Crippen molar-refractivity contribution in [1.29, 1.82) is 0 Å². The van der Waals surface area contributed by atoms with E-state index < -0.39 is 5.82 Å². The average molecular weight is 454 g/mol. The Morgan fingerprint density at radius 3 is 2.42 bits per heavy atom. The zero-order chi connectivity index (χ0) is 23.1. The summed E-state index contributed by atoms with van der Waals surface area (Å²) in [5.74, 6) is -0.0739. The highest BCUT2D eigenvalue weighted by Gasteiger charge is 2.50. The number of amides is 2. The molecule has 0 unspecified atom stereocenters. The van der Waals surface area contributed by atoms with Crippen molar-refractivity contribution in [3.8, 4) is 0 Å². The lowest BCUT2D eigenvalue weighted by molar-refractivity contribution is 0.0658. The van der Waals surface area contributed by atoms with Gasteiger partial charge in [-0.05, 0) is 45.3 Å². The molecule has 2 saturated heterocycles. The first kappa shape index (κ1) is 22.1. The van der Waals surface area contributed by atoms with E-state index in [2.05, 4.69) is 53.6 Å². The van der Waals surface area contributed by atoms with Crippen LogP contribution in [0.15, 0.2) is 42.6 Å². The van der Waals surface area contributed by atoms with E-state index in [0.717, 1.165) is 25.7 Å². The van der Waals surface area contributed by atoms with Crippen LogP contribution < -0.4 is 15.1 Å². The number of aromatic nitrogens is 1. The quantitative estimate of drug-likeness (QED) is 0.769. The van der Waals surface area contributed by atoms with Gasteiger partial charge in [-0.25, -0.2) is 14.2 Å². The third kappa shape index (κ3) is 3.95. The van der Waals surface area contributed by atoms with Crippen LogP contribution in [0.25, 0.3) is 0 Å². The number of carbonyl (C=O) groups is 1. The normalized spacial score (nSPS) is 27.9. The van der Waals surface area contributed by atoms with Crippen LogP contribution in [0.1, 0.15) is 31.2 Å². The Balaban J connectivity index is 1.32. The minimum Gasteiger partial charge on any atom is -0.378 e. The van der Waals surface area contributed by atoms with Gasteiger partial charge in [0.25, 0.3) is 0 Å². The van der Waals surface area contributed by atoms with E-state index >= 15 is 0 Å². The fraction of sp³-hybridized carbons (Fsp3) is 0.520. The molecule has 1 aromatic heterocycles. The molecule has 33 heavy (non-hydrogen) atoms. The summed E-state index contributed by atoms with van der Waals surface area (Å²) in [4.78, 5) is 23.2. The second-order valence-corrected chi connectivity index (χ2v) is 9.69. The summed E-state index contributed by atoms with van der Waals surface area (Å²) < 4.78 is 20.3. The molecule has 1 aromatic carbocycles. The van der Waals surface area contributed by atoms with E-state index in [4.69, 9.17) is 4.74 Å². The molecule has 5 rings (SSSR count). The number of ether oxygens (including phenoxy) is 1. The van der Waals surface area contributed by atoms with Gasteiger partial charge < -0.3 is 15.0 Å². The molecule has 7 nitrogen and oxygen atoms in total. The molecule has 0 atom stereocenters. The molecule has 1 spiro atoms.